The molecule has 118 valence electrons. The van der Waals surface area contributed by atoms with Gasteiger partial charge in [0, 0.05) is 22.6 Å². The summed E-state index contributed by atoms with van der Waals surface area (Å²) in [5.74, 6) is -0.444. The molecule has 0 fully saturated rings. The van der Waals surface area contributed by atoms with Crippen LogP contribution in [0.4, 0.5) is 5.13 Å². The number of hydrogen-bond donors (Lipinski definition) is 2. The molecule has 0 aliphatic heterocycles. The number of carbonyl (C=O) groups is 1. The topological polar surface area (TPSA) is 77.8 Å². The van der Waals surface area contributed by atoms with Crippen LogP contribution in [-0.4, -0.2) is 10.9 Å². The molecule has 0 atom stereocenters. The van der Waals surface area contributed by atoms with E-state index in [-0.39, 0.29) is 5.57 Å². The molecule has 7 heteroatoms. The molecule has 1 aromatic heterocycles. The van der Waals surface area contributed by atoms with E-state index in [1.807, 2.05) is 32.0 Å². The monoisotopic (exact) mass is 346 g/mol. The lowest BCUT2D eigenvalue weighted by molar-refractivity contribution is -0.117. The Morgan fingerprint density at radius 2 is 2.09 bits per heavy atom. The van der Waals surface area contributed by atoms with E-state index in [1.165, 1.54) is 17.5 Å². The smallest absolute Gasteiger partial charge is 0.263 e. The fourth-order valence-corrected chi connectivity index (χ4v) is 2.61. The van der Waals surface area contributed by atoms with Crippen LogP contribution in [-0.2, 0) is 11.3 Å². The molecule has 0 bridgehead atoms. The predicted molar refractivity (Wildman–Crippen MR) is 92.2 cm³/mol. The molecule has 0 aliphatic carbocycles. The summed E-state index contributed by atoms with van der Waals surface area (Å²) in [6.07, 6.45) is 1.37. The highest BCUT2D eigenvalue weighted by atomic mass is 35.5. The second-order valence-corrected chi connectivity index (χ2v) is 6.42. The van der Waals surface area contributed by atoms with E-state index >= 15 is 0 Å². The Morgan fingerprint density at radius 3 is 2.65 bits per heavy atom. The summed E-state index contributed by atoms with van der Waals surface area (Å²) in [5.41, 5.74) is 1.82. The lowest BCUT2D eigenvalue weighted by Gasteiger charge is -2.04. The summed E-state index contributed by atoms with van der Waals surface area (Å²) >= 11 is 7.28. The van der Waals surface area contributed by atoms with Gasteiger partial charge in [-0.1, -0.05) is 23.7 Å². The first-order valence-electron chi connectivity index (χ1n) is 6.83. The van der Waals surface area contributed by atoms with Gasteiger partial charge in [0.2, 0.25) is 0 Å². The van der Waals surface area contributed by atoms with E-state index < -0.39 is 5.91 Å². The molecule has 2 rings (SSSR count). The molecule has 2 aromatic rings. The van der Waals surface area contributed by atoms with Crippen LogP contribution in [0.25, 0.3) is 0 Å². The van der Waals surface area contributed by atoms with Gasteiger partial charge in [0.25, 0.3) is 5.91 Å². The summed E-state index contributed by atoms with van der Waals surface area (Å²) in [4.78, 5) is 17.4. The molecule has 1 heterocycles. The van der Waals surface area contributed by atoms with Crippen molar-refractivity contribution in [2.45, 2.75) is 20.4 Å². The highest BCUT2D eigenvalue weighted by Crippen LogP contribution is 2.21. The molecule has 0 aliphatic rings. The maximum atomic E-state index is 12.0. The molecule has 5 nitrogen and oxygen atoms in total. The van der Waals surface area contributed by atoms with E-state index in [1.54, 1.807) is 12.1 Å². The number of anilines is 1. The van der Waals surface area contributed by atoms with Gasteiger partial charge in [-0.25, -0.2) is 4.98 Å². The van der Waals surface area contributed by atoms with Crippen LogP contribution in [0.2, 0.25) is 5.02 Å². The number of carbonyl (C=O) groups excluding carboxylic acids is 1. The Bertz CT molecular complexity index is 755. The quantitative estimate of drug-likeness (QED) is 0.641. The molecule has 2 N–H and O–H groups in total. The van der Waals surface area contributed by atoms with E-state index in [0.717, 1.165) is 16.1 Å². The fourth-order valence-electron chi connectivity index (χ4n) is 1.70. The maximum absolute atomic E-state index is 12.0. The molecule has 1 amide bonds. The Morgan fingerprint density at radius 1 is 1.39 bits per heavy atom. The minimum absolute atomic E-state index is 0.00975. The van der Waals surface area contributed by atoms with Crippen molar-refractivity contribution in [2.75, 3.05) is 5.32 Å². The highest BCUT2D eigenvalue weighted by Gasteiger charge is 2.09. The summed E-state index contributed by atoms with van der Waals surface area (Å²) in [5, 5.41) is 16.0. The van der Waals surface area contributed by atoms with Crippen molar-refractivity contribution < 1.29 is 4.79 Å². The van der Waals surface area contributed by atoms with Crippen molar-refractivity contribution in [3.05, 3.63) is 57.2 Å². The Balaban J connectivity index is 1.96. The van der Waals surface area contributed by atoms with Crippen molar-refractivity contribution >= 4 is 34.0 Å². The van der Waals surface area contributed by atoms with E-state index in [0.29, 0.717) is 16.7 Å². The summed E-state index contributed by atoms with van der Waals surface area (Å²) in [6, 6.07) is 9.01. The molecule has 0 spiro atoms. The van der Waals surface area contributed by atoms with Gasteiger partial charge in [-0.2, -0.15) is 5.26 Å². The number of aromatic nitrogens is 1. The number of rotatable bonds is 5. The van der Waals surface area contributed by atoms with Gasteiger partial charge in [-0.15, -0.1) is 11.3 Å². The van der Waals surface area contributed by atoms with Crippen LogP contribution in [0.5, 0.6) is 0 Å². The van der Waals surface area contributed by atoms with Gasteiger partial charge in [0.05, 0.1) is 5.69 Å². The molecule has 1 aromatic carbocycles. The van der Waals surface area contributed by atoms with Crippen molar-refractivity contribution in [3.63, 3.8) is 0 Å². The summed E-state index contributed by atoms with van der Waals surface area (Å²) < 4.78 is 0. The predicted octanol–water partition coefficient (Wildman–Crippen LogP) is 3.55. The molecular formula is C16H15ClN4OS. The molecule has 0 saturated heterocycles. The van der Waals surface area contributed by atoms with Crippen LogP contribution < -0.4 is 10.6 Å². The number of nitriles is 1. The van der Waals surface area contributed by atoms with Gasteiger partial charge in [-0.05, 0) is 31.5 Å². The number of aryl methyl sites for hydroxylation is 2. The zero-order chi connectivity index (χ0) is 16.8. The second-order valence-electron chi connectivity index (χ2n) is 4.78. The van der Waals surface area contributed by atoms with Gasteiger partial charge >= 0.3 is 0 Å². The SMILES string of the molecule is Cc1nc(N/C=C(/C#N)C(=O)NCc2ccc(Cl)cc2)sc1C. The zero-order valence-electron chi connectivity index (χ0n) is 12.7. The van der Waals surface area contributed by atoms with Crippen molar-refractivity contribution in [3.8, 4) is 6.07 Å². The van der Waals surface area contributed by atoms with Crippen LogP contribution in [0, 0.1) is 25.2 Å². The average Bonchev–Trinajstić information content (AvgIpc) is 2.85. The van der Waals surface area contributed by atoms with Gasteiger partial charge in [-0.3, -0.25) is 4.79 Å². The minimum Gasteiger partial charge on any atom is -0.347 e. The number of halogens is 1. The fraction of sp³-hybridized carbons (Fsp3) is 0.188. The van der Waals surface area contributed by atoms with E-state index in [2.05, 4.69) is 15.6 Å². The van der Waals surface area contributed by atoms with Gasteiger partial charge in [0.1, 0.15) is 11.6 Å². The van der Waals surface area contributed by atoms with Crippen molar-refractivity contribution in [1.29, 1.82) is 5.26 Å². The van der Waals surface area contributed by atoms with Gasteiger partial charge < -0.3 is 10.6 Å². The Labute approximate surface area is 143 Å². The third-order valence-corrected chi connectivity index (χ3v) is 4.36. The zero-order valence-corrected chi connectivity index (χ0v) is 14.3. The molecule has 0 radical (unpaired) electrons. The lowest BCUT2D eigenvalue weighted by atomic mass is 10.2. The second kappa shape index (κ2) is 7.77. The highest BCUT2D eigenvalue weighted by molar-refractivity contribution is 7.15. The molecular weight excluding hydrogens is 332 g/mol. The lowest BCUT2D eigenvalue weighted by Crippen LogP contribution is -2.24. The van der Waals surface area contributed by atoms with Crippen molar-refractivity contribution in [2.24, 2.45) is 0 Å². The Hall–Kier alpha value is -2.36. The maximum Gasteiger partial charge on any atom is 0.263 e. The van der Waals surface area contributed by atoms with Crippen molar-refractivity contribution in [1.82, 2.24) is 10.3 Å². The number of nitrogens with zero attached hydrogens (tertiary/aromatic N) is 2. The molecule has 0 saturated carbocycles. The van der Waals surface area contributed by atoms with Gasteiger partial charge in [0.15, 0.2) is 5.13 Å². The van der Waals surface area contributed by atoms with Crippen LogP contribution in [0.3, 0.4) is 0 Å². The molecule has 23 heavy (non-hydrogen) atoms. The average molecular weight is 347 g/mol. The molecule has 0 unspecified atom stereocenters. The number of benzene rings is 1. The minimum atomic E-state index is -0.444. The van der Waals surface area contributed by atoms with E-state index in [9.17, 15) is 4.79 Å². The standard InChI is InChI=1S/C16H15ClN4OS/c1-10-11(2)23-16(21-10)20-9-13(7-18)15(22)19-8-12-3-5-14(17)6-4-12/h3-6,9H,8H2,1-2H3,(H,19,22)(H,20,21)/b13-9-. The number of thiazole rings is 1. The largest absolute Gasteiger partial charge is 0.347 e. The third kappa shape index (κ3) is 4.81. The van der Waals surface area contributed by atoms with Crippen LogP contribution >= 0.6 is 22.9 Å². The van der Waals surface area contributed by atoms with Crippen LogP contribution in [0.15, 0.2) is 36.0 Å². The first-order valence-corrected chi connectivity index (χ1v) is 8.02. The third-order valence-electron chi connectivity index (χ3n) is 3.10. The normalized spacial score (nSPS) is 11.0. The number of nitrogens with one attached hydrogen (secondary N) is 2. The number of hydrogen-bond acceptors (Lipinski definition) is 5. The first kappa shape index (κ1) is 17.0. The first-order chi connectivity index (χ1) is 11.0. The van der Waals surface area contributed by atoms with E-state index in [4.69, 9.17) is 16.9 Å². The number of amides is 1. The summed E-state index contributed by atoms with van der Waals surface area (Å²) in [7, 11) is 0. The summed E-state index contributed by atoms with van der Waals surface area (Å²) in [6.45, 7) is 4.20. The van der Waals surface area contributed by atoms with Crippen LogP contribution in [0.1, 0.15) is 16.1 Å². The Kier molecular flexibility index (Phi) is 5.74.